The third-order valence-corrected chi connectivity index (χ3v) is 4.04. The van der Waals surface area contributed by atoms with E-state index in [9.17, 15) is 0 Å². The van der Waals surface area contributed by atoms with Gasteiger partial charge in [0.15, 0.2) is 0 Å². The van der Waals surface area contributed by atoms with E-state index in [2.05, 4.69) is 70.1 Å². The van der Waals surface area contributed by atoms with Gasteiger partial charge in [0.25, 0.3) is 0 Å². The third kappa shape index (κ3) is 4.08. The predicted octanol–water partition coefficient (Wildman–Crippen LogP) is 4.43. The average Bonchev–Trinajstić information content (AvgIpc) is 2.71. The van der Waals surface area contributed by atoms with Crippen molar-refractivity contribution >= 4 is 26.8 Å². The number of hydrogen-bond acceptors (Lipinski definition) is 1. The highest BCUT2D eigenvalue weighted by atomic mass is 79.9. The molecule has 0 aliphatic heterocycles. The lowest BCUT2D eigenvalue weighted by atomic mass is 10.1. The summed E-state index contributed by atoms with van der Waals surface area (Å²) < 4.78 is 3.50. The molecule has 0 aliphatic rings. The van der Waals surface area contributed by atoms with Gasteiger partial charge in [-0.2, -0.15) is 0 Å². The standard InChI is InChI=1S/C16H23BrN2/c1-13(2)6-5-9-18-10-11-19-12-15(17)14-7-3-4-8-16(14)19/h3-4,7-8,12-13,18H,5-6,9-11H2,1-2H3. The lowest BCUT2D eigenvalue weighted by molar-refractivity contribution is 0.517. The second-order valence-corrected chi connectivity index (χ2v) is 6.33. The quantitative estimate of drug-likeness (QED) is 0.746. The fourth-order valence-electron chi connectivity index (χ4n) is 2.35. The number of nitrogens with one attached hydrogen (secondary N) is 1. The second kappa shape index (κ2) is 7.11. The highest BCUT2D eigenvalue weighted by Gasteiger charge is 2.04. The van der Waals surface area contributed by atoms with E-state index in [1.807, 2.05) is 0 Å². The maximum Gasteiger partial charge on any atom is 0.0492 e. The number of hydrogen-bond donors (Lipinski definition) is 1. The maximum absolute atomic E-state index is 3.63. The Labute approximate surface area is 124 Å². The van der Waals surface area contributed by atoms with Crippen LogP contribution in [0.1, 0.15) is 26.7 Å². The van der Waals surface area contributed by atoms with Crippen molar-refractivity contribution in [3.05, 3.63) is 34.9 Å². The lowest BCUT2D eigenvalue weighted by Gasteiger charge is -2.08. The Kier molecular flexibility index (Phi) is 5.46. The number of halogens is 1. The van der Waals surface area contributed by atoms with E-state index in [0.29, 0.717) is 0 Å². The van der Waals surface area contributed by atoms with Crippen molar-refractivity contribution in [2.45, 2.75) is 33.2 Å². The Hall–Kier alpha value is -0.800. The number of para-hydroxylation sites is 1. The van der Waals surface area contributed by atoms with Crippen LogP contribution in [0.15, 0.2) is 34.9 Å². The van der Waals surface area contributed by atoms with Crippen LogP contribution in [0.4, 0.5) is 0 Å². The Balaban J connectivity index is 1.82. The smallest absolute Gasteiger partial charge is 0.0492 e. The zero-order valence-corrected chi connectivity index (χ0v) is 13.4. The van der Waals surface area contributed by atoms with E-state index in [1.54, 1.807) is 0 Å². The van der Waals surface area contributed by atoms with Crippen molar-refractivity contribution in [2.24, 2.45) is 5.92 Å². The van der Waals surface area contributed by atoms with Gasteiger partial charge < -0.3 is 9.88 Å². The highest BCUT2D eigenvalue weighted by molar-refractivity contribution is 9.10. The molecule has 0 bridgehead atoms. The number of benzene rings is 1. The Bertz CT molecular complexity index is 516. The molecule has 2 aromatic rings. The van der Waals surface area contributed by atoms with Gasteiger partial charge in [-0.3, -0.25) is 0 Å². The molecule has 0 spiro atoms. The van der Waals surface area contributed by atoms with Crippen molar-refractivity contribution in [1.29, 1.82) is 0 Å². The molecule has 0 unspecified atom stereocenters. The van der Waals surface area contributed by atoms with Gasteiger partial charge in [0.1, 0.15) is 0 Å². The molecule has 1 aromatic carbocycles. The molecule has 0 aliphatic carbocycles. The summed E-state index contributed by atoms with van der Waals surface area (Å²) in [5.41, 5.74) is 1.30. The minimum absolute atomic E-state index is 0.811. The monoisotopic (exact) mass is 322 g/mol. The Morgan fingerprint density at radius 1 is 1.21 bits per heavy atom. The van der Waals surface area contributed by atoms with Crippen LogP contribution in [0.2, 0.25) is 0 Å². The molecule has 19 heavy (non-hydrogen) atoms. The SMILES string of the molecule is CC(C)CCCNCCn1cc(Br)c2ccccc21. The van der Waals surface area contributed by atoms with Crippen LogP contribution in [0.25, 0.3) is 10.9 Å². The van der Waals surface area contributed by atoms with Crippen LogP contribution in [0.3, 0.4) is 0 Å². The first-order valence-corrected chi connectivity index (χ1v) is 7.92. The minimum Gasteiger partial charge on any atom is -0.345 e. The van der Waals surface area contributed by atoms with Gasteiger partial charge in [-0.15, -0.1) is 0 Å². The van der Waals surface area contributed by atoms with E-state index < -0.39 is 0 Å². The molecule has 1 heterocycles. The summed E-state index contributed by atoms with van der Waals surface area (Å²) in [4.78, 5) is 0. The van der Waals surface area contributed by atoms with Crippen LogP contribution in [0, 0.1) is 5.92 Å². The Morgan fingerprint density at radius 3 is 2.79 bits per heavy atom. The first-order chi connectivity index (χ1) is 9.18. The van der Waals surface area contributed by atoms with Crippen LogP contribution < -0.4 is 5.32 Å². The zero-order valence-electron chi connectivity index (χ0n) is 11.8. The summed E-state index contributed by atoms with van der Waals surface area (Å²) in [6.07, 6.45) is 4.76. The molecule has 0 atom stereocenters. The molecule has 0 amide bonds. The number of aromatic nitrogens is 1. The maximum atomic E-state index is 3.63. The summed E-state index contributed by atoms with van der Waals surface area (Å²) in [5.74, 6) is 0.811. The summed E-state index contributed by atoms with van der Waals surface area (Å²) in [6.45, 7) is 7.74. The van der Waals surface area contributed by atoms with Crippen LogP contribution >= 0.6 is 15.9 Å². The summed E-state index contributed by atoms with van der Waals surface area (Å²) in [6, 6.07) is 8.52. The third-order valence-electron chi connectivity index (χ3n) is 3.40. The molecule has 0 fully saturated rings. The number of nitrogens with zero attached hydrogens (tertiary/aromatic N) is 1. The largest absolute Gasteiger partial charge is 0.345 e. The van der Waals surface area contributed by atoms with Crippen molar-refractivity contribution in [2.75, 3.05) is 13.1 Å². The molecule has 0 saturated heterocycles. The lowest BCUT2D eigenvalue weighted by Crippen LogP contribution is -2.21. The molecule has 0 radical (unpaired) electrons. The summed E-state index contributed by atoms with van der Waals surface area (Å²) in [7, 11) is 0. The predicted molar refractivity (Wildman–Crippen MR) is 86.6 cm³/mol. The zero-order chi connectivity index (χ0) is 13.7. The van der Waals surface area contributed by atoms with E-state index in [0.717, 1.165) is 25.6 Å². The van der Waals surface area contributed by atoms with Gasteiger partial charge in [-0.25, -0.2) is 0 Å². The summed E-state index contributed by atoms with van der Waals surface area (Å²) in [5, 5.41) is 4.82. The molecule has 2 nitrogen and oxygen atoms in total. The second-order valence-electron chi connectivity index (χ2n) is 5.47. The first kappa shape index (κ1) is 14.6. The van der Waals surface area contributed by atoms with Gasteiger partial charge >= 0.3 is 0 Å². The topological polar surface area (TPSA) is 17.0 Å². The molecule has 1 N–H and O–H groups in total. The first-order valence-electron chi connectivity index (χ1n) is 7.12. The van der Waals surface area contributed by atoms with Gasteiger partial charge in [0.2, 0.25) is 0 Å². The normalized spacial score (nSPS) is 11.6. The van der Waals surface area contributed by atoms with E-state index >= 15 is 0 Å². The fraction of sp³-hybridized carbons (Fsp3) is 0.500. The van der Waals surface area contributed by atoms with Gasteiger partial charge in [0.05, 0.1) is 0 Å². The van der Waals surface area contributed by atoms with Gasteiger partial charge in [-0.1, -0.05) is 32.0 Å². The van der Waals surface area contributed by atoms with E-state index in [1.165, 1.54) is 28.2 Å². The van der Waals surface area contributed by atoms with Crippen LogP contribution in [-0.4, -0.2) is 17.7 Å². The van der Waals surface area contributed by atoms with Crippen LogP contribution in [-0.2, 0) is 6.54 Å². The molecule has 104 valence electrons. The van der Waals surface area contributed by atoms with Gasteiger partial charge in [0, 0.05) is 34.7 Å². The fourth-order valence-corrected chi connectivity index (χ4v) is 2.93. The molecular weight excluding hydrogens is 300 g/mol. The van der Waals surface area contributed by atoms with Crippen LogP contribution in [0.5, 0.6) is 0 Å². The average molecular weight is 323 g/mol. The Morgan fingerprint density at radius 2 is 2.00 bits per heavy atom. The van der Waals surface area contributed by atoms with Crippen molar-refractivity contribution in [3.8, 4) is 0 Å². The number of rotatable bonds is 7. The minimum atomic E-state index is 0.811. The summed E-state index contributed by atoms with van der Waals surface area (Å²) >= 11 is 3.63. The number of fused-ring (bicyclic) bond motifs is 1. The van der Waals surface area contributed by atoms with Crippen molar-refractivity contribution in [1.82, 2.24) is 9.88 Å². The van der Waals surface area contributed by atoms with Crippen molar-refractivity contribution < 1.29 is 0 Å². The molecule has 0 saturated carbocycles. The molecule has 1 aromatic heterocycles. The van der Waals surface area contributed by atoms with E-state index in [4.69, 9.17) is 0 Å². The van der Waals surface area contributed by atoms with Crippen molar-refractivity contribution in [3.63, 3.8) is 0 Å². The van der Waals surface area contributed by atoms with E-state index in [-0.39, 0.29) is 0 Å². The highest BCUT2D eigenvalue weighted by Crippen LogP contribution is 2.25. The molecule has 2 rings (SSSR count). The molecular formula is C16H23BrN2. The van der Waals surface area contributed by atoms with Gasteiger partial charge in [-0.05, 0) is 47.3 Å². The molecule has 3 heteroatoms.